The zero-order chi connectivity index (χ0) is 20.4. The summed E-state index contributed by atoms with van der Waals surface area (Å²) in [5.41, 5.74) is 0.523. The van der Waals surface area contributed by atoms with Gasteiger partial charge in [0.2, 0.25) is 5.91 Å². The van der Waals surface area contributed by atoms with E-state index in [0.29, 0.717) is 36.3 Å². The molecule has 29 heavy (non-hydrogen) atoms. The van der Waals surface area contributed by atoms with Gasteiger partial charge in [-0.05, 0) is 50.3 Å². The van der Waals surface area contributed by atoms with Gasteiger partial charge in [-0.2, -0.15) is 0 Å². The Hall–Kier alpha value is -2.25. The van der Waals surface area contributed by atoms with Crippen molar-refractivity contribution in [3.05, 3.63) is 47.5 Å². The topological polar surface area (TPSA) is 79.4 Å². The standard InChI is InChI=1S/C21H27ClN4O3/c1-14(25-7-2-3-8-25)20(27)24-17-6-11-29-19(17)15-4-9-26(10-5-15)21(28)18-12-16(22)13-23-18/h2-3,7-8,12-15,17,19,23H,4-6,9-11H2,1H3,(H,24,27)/t14?,17-,19+/m1/s1. The summed E-state index contributed by atoms with van der Waals surface area (Å²) >= 11 is 5.91. The van der Waals surface area contributed by atoms with Crippen molar-refractivity contribution < 1.29 is 14.3 Å². The minimum atomic E-state index is -0.252. The summed E-state index contributed by atoms with van der Waals surface area (Å²) in [6.07, 6.45) is 7.99. The van der Waals surface area contributed by atoms with E-state index in [1.165, 1.54) is 0 Å². The lowest BCUT2D eigenvalue weighted by atomic mass is 9.87. The Labute approximate surface area is 175 Å². The molecule has 0 radical (unpaired) electrons. The molecular weight excluding hydrogens is 392 g/mol. The number of halogens is 1. The van der Waals surface area contributed by atoms with E-state index >= 15 is 0 Å². The molecule has 8 heteroatoms. The van der Waals surface area contributed by atoms with Gasteiger partial charge in [0.25, 0.3) is 5.91 Å². The number of carbonyl (C=O) groups excluding carboxylic acids is 2. The number of H-pyrrole nitrogens is 1. The van der Waals surface area contributed by atoms with Crippen LogP contribution < -0.4 is 5.32 Å². The first-order chi connectivity index (χ1) is 14.0. The predicted octanol–water partition coefficient (Wildman–Crippen LogP) is 2.86. The average molecular weight is 419 g/mol. The molecule has 4 rings (SSSR count). The summed E-state index contributed by atoms with van der Waals surface area (Å²) in [4.78, 5) is 30.0. The number of nitrogens with one attached hydrogen (secondary N) is 2. The summed E-state index contributed by atoms with van der Waals surface area (Å²) < 4.78 is 7.91. The summed E-state index contributed by atoms with van der Waals surface area (Å²) in [5, 5.41) is 3.73. The number of nitrogens with zero attached hydrogens (tertiary/aromatic N) is 2. The molecule has 0 aliphatic carbocycles. The zero-order valence-electron chi connectivity index (χ0n) is 16.5. The van der Waals surface area contributed by atoms with Crippen molar-refractivity contribution in [2.75, 3.05) is 19.7 Å². The highest BCUT2D eigenvalue weighted by molar-refractivity contribution is 6.30. The SMILES string of the molecule is CC(C(=O)N[C@@H]1CCO[C@H]1C1CCN(C(=O)c2cc(Cl)c[nH]2)CC1)n1cccc1. The zero-order valence-corrected chi connectivity index (χ0v) is 17.3. The number of rotatable bonds is 5. The first kappa shape index (κ1) is 20.0. The van der Waals surface area contributed by atoms with Crippen molar-refractivity contribution in [3.63, 3.8) is 0 Å². The van der Waals surface area contributed by atoms with E-state index < -0.39 is 0 Å². The van der Waals surface area contributed by atoms with Crippen LogP contribution >= 0.6 is 11.6 Å². The summed E-state index contributed by atoms with van der Waals surface area (Å²) in [6.45, 7) is 3.92. The first-order valence-corrected chi connectivity index (χ1v) is 10.6. The predicted molar refractivity (Wildman–Crippen MR) is 110 cm³/mol. The number of likely N-dealkylation sites (tertiary alicyclic amines) is 1. The highest BCUT2D eigenvalue weighted by Gasteiger charge is 2.38. The van der Waals surface area contributed by atoms with E-state index in [-0.39, 0.29) is 30.0 Å². The number of hydrogen-bond acceptors (Lipinski definition) is 3. The van der Waals surface area contributed by atoms with Crippen LogP contribution in [-0.2, 0) is 9.53 Å². The maximum atomic E-state index is 12.7. The fourth-order valence-corrected chi connectivity index (χ4v) is 4.53. The summed E-state index contributed by atoms with van der Waals surface area (Å²) in [7, 11) is 0. The van der Waals surface area contributed by atoms with E-state index in [4.69, 9.17) is 16.3 Å². The Kier molecular flexibility index (Phi) is 5.96. The smallest absolute Gasteiger partial charge is 0.270 e. The second kappa shape index (κ2) is 8.63. The van der Waals surface area contributed by atoms with Crippen molar-refractivity contribution >= 4 is 23.4 Å². The van der Waals surface area contributed by atoms with Gasteiger partial charge in [-0.1, -0.05) is 11.6 Å². The largest absolute Gasteiger partial charge is 0.376 e. The van der Waals surface area contributed by atoms with Crippen LogP contribution in [0.1, 0.15) is 42.7 Å². The lowest BCUT2D eigenvalue weighted by molar-refractivity contribution is -0.125. The maximum absolute atomic E-state index is 12.7. The Morgan fingerprint density at radius 2 is 1.97 bits per heavy atom. The normalized spacial score (nSPS) is 23.9. The lowest BCUT2D eigenvalue weighted by Crippen LogP contribution is -2.49. The molecule has 156 valence electrons. The molecule has 1 unspecified atom stereocenters. The molecule has 2 aliphatic rings. The summed E-state index contributed by atoms with van der Waals surface area (Å²) in [5.74, 6) is 0.326. The molecule has 0 aromatic carbocycles. The van der Waals surface area contributed by atoms with E-state index in [1.807, 2.05) is 40.9 Å². The lowest BCUT2D eigenvalue weighted by Gasteiger charge is -2.36. The fourth-order valence-electron chi connectivity index (χ4n) is 4.37. The van der Waals surface area contributed by atoms with Crippen LogP contribution in [0, 0.1) is 5.92 Å². The van der Waals surface area contributed by atoms with Crippen molar-refractivity contribution in [2.45, 2.75) is 44.4 Å². The monoisotopic (exact) mass is 418 g/mol. The van der Waals surface area contributed by atoms with Gasteiger partial charge >= 0.3 is 0 Å². The Morgan fingerprint density at radius 3 is 2.62 bits per heavy atom. The molecular formula is C21H27ClN4O3. The third-order valence-corrected chi connectivity index (χ3v) is 6.31. The number of aromatic nitrogens is 2. The number of aromatic amines is 1. The second-order valence-electron chi connectivity index (χ2n) is 7.91. The molecule has 2 amide bonds. The van der Waals surface area contributed by atoms with Gasteiger partial charge in [0.1, 0.15) is 11.7 Å². The van der Waals surface area contributed by atoms with Crippen LogP contribution in [0.4, 0.5) is 0 Å². The third-order valence-electron chi connectivity index (χ3n) is 6.09. The number of piperidine rings is 1. The summed E-state index contributed by atoms with van der Waals surface area (Å²) in [6, 6.07) is 5.27. The molecule has 0 spiro atoms. The minimum Gasteiger partial charge on any atom is -0.376 e. The van der Waals surface area contributed by atoms with E-state index in [1.54, 1.807) is 12.3 Å². The van der Waals surface area contributed by atoms with Crippen molar-refractivity contribution in [1.29, 1.82) is 0 Å². The van der Waals surface area contributed by atoms with Gasteiger partial charge in [-0.25, -0.2) is 0 Å². The molecule has 2 N–H and O–H groups in total. The highest BCUT2D eigenvalue weighted by atomic mass is 35.5. The number of carbonyl (C=O) groups is 2. The van der Waals surface area contributed by atoms with Gasteiger partial charge in [-0.15, -0.1) is 0 Å². The van der Waals surface area contributed by atoms with Gasteiger partial charge < -0.3 is 24.5 Å². The number of ether oxygens (including phenoxy) is 1. The molecule has 4 heterocycles. The van der Waals surface area contributed by atoms with Crippen molar-refractivity contribution in [3.8, 4) is 0 Å². The van der Waals surface area contributed by atoms with E-state index in [9.17, 15) is 9.59 Å². The van der Waals surface area contributed by atoms with Crippen LogP contribution in [0.3, 0.4) is 0 Å². The van der Waals surface area contributed by atoms with Gasteiger partial charge in [0.05, 0.1) is 17.2 Å². The van der Waals surface area contributed by atoms with Gasteiger partial charge in [0, 0.05) is 38.3 Å². The quantitative estimate of drug-likeness (QED) is 0.783. The van der Waals surface area contributed by atoms with E-state index in [0.717, 1.165) is 19.3 Å². The molecule has 2 aromatic rings. The van der Waals surface area contributed by atoms with Crippen LogP contribution in [0.25, 0.3) is 0 Å². The van der Waals surface area contributed by atoms with E-state index in [2.05, 4.69) is 10.3 Å². The van der Waals surface area contributed by atoms with Crippen molar-refractivity contribution in [1.82, 2.24) is 19.8 Å². The fraction of sp³-hybridized carbons (Fsp3) is 0.524. The Balaban J connectivity index is 1.32. The molecule has 2 fully saturated rings. The van der Waals surface area contributed by atoms with Crippen LogP contribution in [0.2, 0.25) is 5.02 Å². The molecule has 7 nitrogen and oxygen atoms in total. The second-order valence-corrected chi connectivity index (χ2v) is 8.34. The molecule has 3 atom stereocenters. The van der Waals surface area contributed by atoms with Crippen molar-refractivity contribution in [2.24, 2.45) is 5.92 Å². The molecule has 2 aliphatic heterocycles. The number of amides is 2. The van der Waals surface area contributed by atoms with Crippen LogP contribution in [0.15, 0.2) is 36.8 Å². The van der Waals surface area contributed by atoms with Gasteiger partial charge in [0.15, 0.2) is 0 Å². The van der Waals surface area contributed by atoms with Gasteiger partial charge in [-0.3, -0.25) is 9.59 Å². The Morgan fingerprint density at radius 1 is 1.24 bits per heavy atom. The minimum absolute atomic E-state index is 0.00740. The highest BCUT2D eigenvalue weighted by Crippen LogP contribution is 2.30. The molecule has 2 aromatic heterocycles. The molecule has 0 saturated carbocycles. The van der Waals surface area contributed by atoms with Crippen LogP contribution in [-0.4, -0.2) is 58.1 Å². The average Bonchev–Trinajstić information content (AvgIpc) is 3.49. The number of hydrogen-bond donors (Lipinski definition) is 2. The maximum Gasteiger partial charge on any atom is 0.270 e. The first-order valence-electron chi connectivity index (χ1n) is 10.2. The third kappa shape index (κ3) is 4.36. The molecule has 2 saturated heterocycles. The molecule has 0 bridgehead atoms. The van der Waals surface area contributed by atoms with Crippen LogP contribution in [0.5, 0.6) is 0 Å². The Bertz CT molecular complexity index is 842.